The molecule has 1 aliphatic heterocycles. The largest absolute Gasteiger partial charge is 0.479 e. The van der Waals surface area contributed by atoms with E-state index >= 15 is 0 Å². The number of likely N-dealkylation sites (tertiary alicyclic amines) is 1. The van der Waals surface area contributed by atoms with Crippen molar-refractivity contribution in [2.24, 2.45) is 11.8 Å². The molecule has 1 saturated heterocycles. The normalized spacial score (nSPS) is 22.6. The lowest BCUT2D eigenvalue weighted by molar-refractivity contribution is -0.384. The molecule has 3 aromatic rings. The Kier molecular flexibility index (Phi) is 7.67. The molecule has 4 atom stereocenters. The standard InChI is InChI=1S/C31H32N2O6/c1-19(2)18-25(34)32-28(22-12-10-20(3)11-13-22)26(29(35)23-8-6-5-7-9-23)27(31(32,4)30(36)37)21-14-16-24(17-15-21)33(38)39/h5-17,19,26-28H,18H2,1-4H3,(H,36,37). The number of carbonyl (C=O) groups is 3. The SMILES string of the molecule is Cc1ccc(C2C(C(=O)c3ccccc3)C(c3ccc([N+](=O)[O-])cc3)C(C)(C(=O)O)N2C(=O)CC(C)C)cc1. The number of non-ortho nitro benzene ring substituents is 1. The van der Waals surface area contributed by atoms with Crippen molar-refractivity contribution in [2.45, 2.75) is 51.6 Å². The van der Waals surface area contributed by atoms with Crippen molar-refractivity contribution in [3.63, 3.8) is 0 Å². The number of ketones is 1. The van der Waals surface area contributed by atoms with Crippen molar-refractivity contribution < 1.29 is 24.4 Å². The van der Waals surface area contributed by atoms with E-state index in [0.29, 0.717) is 16.7 Å². The molecule has 0 aliphatic carbocycles. The number of nitro groups is 1. The van der Waals surface area contributed by atoms with Crippen LogP contribution < -0.4 is 0 Å². The van der Waals surface area contributed by atoms with Gasteiger partial charge in [0.05, 0.1) is 16.9 Å². The lowest BCUT2D eigenvalue weighted by Crippen LogP contribution is -2.54. The molecule has 4 rings (SSSR count). The van der Waals surface area contributed by atoms with E-state index in [-0.39, 0.29) is 29.7 Å². The Morgan fingerprint density at radius 1 is 0.949 bits per heavy atom. The van der Waals surface area contributed by atoms with E-state index in [9.17, 15) is 29.6 Å². The molecule has 4 unspecified atom stereocenters. The summed E-state index contributed by atoms with van der Waals surface area (Å²) in [5.41, 5.74) is 0.517. The van der Waals surface area contributed by atoms with Crippen molar-refractivity contribution in [1.29, 1.82) is 0 Å². The zero-order valence-electron chi connectivity index (χ0n) is 22.4. The van der Waals surface area contributed by atoms with Crippen LogP contribution in [0.5, 0.6) is 0 Å². The molecule has 1 amide bonds. The van der Waals surface area contributed by atoms with Gasteiger partial charge in [0, 0.05) is 30.0 Å². The van der Waals surface area contributed by atoms with E-state index in [0.717, 1.165) is 5.56 Å². The molecule has 0 radical (unpaired) electrons. The Hall–Kier alpha value is -4.33. The van der Waals surface area contributed by atoms with E-state index < -0.39 is 34.3 Å². The smallest absolute Gasteiger partial charge is 0.330 e. The number of nitro benzene ring substituents is 1. The molecule has 1 fully saturated rings. The van der Waals surface area contributed by atoms with Crippen LogP contribution in [-0.2, 0) is 9.59 Å². The molecule has 0 saturated carbocycles. The van der Waals surface area contributed by atoms with Crippen molar-refractivity contribution in [3.05, 3.63) is 111 Å². The number of nitrogens with zero attached hydrogens (tertiary/aromatic N) is 2. The topological polar surface area (TPSA) is 118 Å². The lowest BCUT2D eigenvalue weighted by atomic mass is 9.71. The van der Waals surface area contributed by atoms with Crippen LogP contribution in [0.1, 0.15) is 66.2 Å². The van der Waals surface area contributed by atoms with Crippen LogP contribution in [0.15, 0.2) is 78.9 Å². The predicted molar refractivity (Wildman–Crippen MR) is 146 cm³/mol. The van der Waals surface area contributed by atoms with Gasteiger partial charge in [-0.1, -0.05) is 86.1 Å². The summed E-state index contributed by atoms with van der Waals surface area (Å²) in [5, 5.41) is 22.1. The summed E-state index contributed by atoms with van der Waals surface area (Å²) in [6.45, 7) is 7.17. The minimum Gasteiger partial charge on any atom is -0.479 e. The van der Waals surface area contributed by atoms with Crippen molar-refractivity contribution in [2.75, 3.05) is 0 Å². The number of carbonyl (C=O) groups excluding carboxylic acids is 2. The second-order valence-electron chi connectivity index (χ2n) is 10.8. The quantitative estimate of drug-likeness (QED) is 0.219. The second-order valence-corrected chi connectivity index (χ2v) is 10.8. The van der Waals surface area contributed by atoms with Gasteiger partial charge in [-0.3, -0.25) is 19.7 Å². The molecule has 0 aromatic heterocycles. The average molecular weight is 529 g/mol. The van der Waals surface area contributed by atoms with Gasteiger partial charge in [-0.15, -0.1) is 0 Å². The van der Waals surface area contributed by atoms with E-state index in [1.165, 1.54) is 36.1 Å². The highest BCUT2D eigenvalue weighted by atomic mass is 16.6. The first kappa shape index (κ1) is 27.7. The number of hydrogen-bond acceptors (Lipinski definition) is 5. The first-order valence-electron chi connectivity index (χ1n) is 12.9. The zero-order valence-corrected chi connectivity index (χ0v) is 22.4. The van der Waals surface area contributed by atoms with E-state index in [2.05, 4.69) is 0 Å². The Balaban J connectivity index is 2.03. The lowest BCUT2D eigenvalue weighted by Gasteiger charge is -2.38. The van der Waals surface area contributed by atoms with Crippen molar-refractivity contribution >= 4 is 23.3 Å². The molecule has 39 heavy (non-hydrogen) atoms. The molecular weight excluding hydrogens is 496 g/mol. The van der Waals surface area contributed by atoms with Gasteiger partial charge >= 0.3 is 5.97 Å². The van der Waals surface area contributed by atoms with E-state index in [4.69, 9.17) is 0 Å². The third kappa shape index (κ3) is 5.06. The van der Waals surface area contributed by atoms with E-state index in [1.807, 2.05) is 45.0 Å². The first-order valence-corrected chi connectivity index (χ1v) is 12.9. The van der Waals surface area contributed by atoms with Crippen LogP contribution in [0.2, 0.25) is 0 Å². The molecule has 8 nitrogen and oxygen atoms in total. The molecule has 1 aliphatic rings. The Labute approximate surface area is 227 Å². The summed E-state index contributed by atoms with van der Waals surface area (Å²) in [7, 11) is 0. The second kappa shape index (κ2) is 10.8. The number of hydrogen-bond donors (Lipinski definition) is 1. The summed E-state index contributed by atoms with van der Waals surface area (Å²) in [4.78, 5) is 53.6. The molecule has 1 heterocycles. The summed E-state index contributed by atoms with van der Waals surface area (Å²) in [6.07, 6.45) is 0.102. The fourth-order valence-electron chi connectivity index (χ4n) is 5.77. The van der Waals surface area contributed by atoms with Gasteiger partial charge in [0.25, 0.3) is 5.69 Å². The molecule has 8 heteroatoms. The minimum absolute atomic E-state index is 0.0455. The number of carboxylic acid groups (broad SMARTS) is 1. The molecule has 0 spiro atoms. The van der Waals surface area contributed by atoms with E-state index in [1.54, 1.807) is 30.3 Å². The summed E-state index contributed by atoms with van der Waals surface area (Å²) in [5.74, 6) is -3.90. The molecule has 0 bridgehead atoms. The third-order valence-corrected chi connectivity index (χ3v) is 7.61. The van der Waals surface area contributed by atoms with Gasteiger partial charge in [-0.05, 0) is 30.9 Å². The maximum atomic E-state index is 14.3. The number of aryl methyl sites for hydroxylation is 1. The number of aliphatic carboxylic acids is 1. The van der Waals surface area contributed by atoms with Gasteiger partial charge < -0.3 is 10.0 Å². The fourth-order valence-corrected chi connectivity index (χ4v) is 5.77. The average Bonchev–Trinajstić information content (AvgIpc) is 3.19. The van der Waals surface area contributed by atoms with Gasteiger partial charge in [0.2, 0.25) is 5.91 Å². The minimum atomic E-state index is -1.81. The number of carboxylic acids is 1. The number of rotatable bonds is 8. The highest BCUT2D eigenvalue weighted by Crippen LogP contribution is 2.57. The van der Waals surface area contributed by atoms with Crippen molar-refractivity contribution in [3.8, 4) is 0 Å². The molecule has 3 aromatic carbocycles. The number of benzene rings is 3. The van der Waals surface area contributed by atoms with Gasteiger partial charge in [-0.25, -0.2) is 4.79 Å². The van der Waals surface area contributed by atoms with Gasteiger partial charge in [0.1, 0.15) is 5.54 Å². The van der Waals surface area contributed by atoms with Crippen LogP contribution in [0.3, 0.4) is 0 Å². The van der Waals surface area contributed by atoms with Crippen LogP contribution in [0.25, 0.3) is 0 Å². The Bertz CT molecular complexity index is 1380. The molecular formula is C31H32N2O6. The van der Waals surface area contributed by atoms with Crippen LogP contribution >= 0.6 is 0 Å². The van der Waals surface area contributed by atoms with Crippen LogP contribution in [-0.4, -0.2) is 38.1 Å². The zero-order chi connectivity index (χ0) is 28.5. The molecule has 202 valence electrons. The van der Waals surface area contributed by atoms with Crippen molar-refractivity contribution in [1.82, 2.24) is 4.90 Å². The van der Waals surface area contributed by atoms with Gasteiger partial charge in [-0.2, -0.15) is 0 Å². The highest BCUT2D eigenvalue weighted by molar-refractivity contribution is 6.02. The number of Topliss-reactive ketones (excluding diaryl/α,β-unsaturated/α-hetero) is 1. The summed E-state index contributed by atoms with van der Waals surface area (Å²) >= 11 is 0. The maximum Gasteiger partial charge on any atom is 0.330 e. The highest BCUT2D eigenvalue weighted by Gasteiger charge is 2.64. The van der Waals surface area contributed by atoms with Crippen LogP contribution in [0.4, 0.5) is 5.69 Å². The first-order chi connectivity index (χ1) is 18.5. The maximum absolute atomic E-state index is 14.3. The summed E-state index contributed by atoms with van der Waals surface area (Å²) < 4.78 is 0. The predicted octanol–water partition coefficient (Wildman–Crippen LogP) is 5.96. The fraction of sp³-hybridized carbons (Fsp3) is 0.323. The monoisotopic (exact) mass is 528 g/mol. The summed E-state index contributed by atoms with van der Waals surface area (Å²) in [6, 6.07) is 20.8. The Morgan fingerprint density at radius 2 is 1.51 bits per heavy atom. The molecule has 1 N–H and O–H groups in total. The third-order valence-electron chi connectivity index (χ3n) is 7.61. The van der Waals surface area contributed by atoms with Crippen LogP contribution in [0, 0.1) is 28.9 Å². The Morgan fingerprint density at radius 3 is 2.03 bits per heavy atom. The van der Waals surface area contributed by atoms with Gasteiger partial charge in [0.15, 0.2) is 5.78 Å². The number of amides is 1.